The number of rotatable bonds is 2. The van der Waals surface area contributed by atoms with Crippen LogP contribution in [0.2, 0.25) is 5.02 Å². The fourth-order valence-electron chi connectivity index (χ4n) is 2.95. The summed E-state index contributed by atoms with van der Waals surface area (Å²) >= 11 is 5.92. The molecule has 2 aromatic rings. The van der Waals surface area contributed by atoms with E-state index in [0.717, 1.165) is 6.07 Å². The molecule has 3 rings (SSSR count). The standard InChI is InChI=1S/C18H20ClFN4O3/c1-18(2,3)27-17(26)23-4-5-24-13(9-23)14(16(21)25)15(22-24)10-6-11(19)8-12(20)7-10/h6-8H,4-5,9H2,1-3H3,(H2,21,25). The third-order valence-electron chi connectivity index (χ3n) is 4.01. The molecule has 9 heteroatoms. The zero-order chi connectivity index (χ0) is 19.9. The second-order valence-corrected chi connectivity index (χ2v) is 7.75. The van der Waals surface area contributed by atoms with Crippen LogP contribution in [0.1, 0.15) is 36.8 Å². The Balaban J connectivity index is 2.00. The number of fused-ring (bicyclic) bond motifs is 1. The molecular weight excluding hydrogens is 375 g/mol. The zero-order valence-corrected chi connectivity index (χ0v) is 16.0. The molecule has 0 atom stereocenters. The number of nitrogens with two attached hydrogens (primary N) is 1. The van der Waals surface area contributed by atoms with E-state index in [1.54, 1.807) is 25.5 Å². The molecule has 0 bridgehead atoms. The minimum absolute atomic E-state index is 0.114. The van der Waals surface area contributed by atoms with Gasteiger partial charge in [0.1, 0.15) is 17.1 Å². The first-order valence-corrected chi connectivity index (χ1v) is 8.77. The Morgan fingerprint density at radius 1 is 1.26 bits per heavy atom. The summed E-state index contributed by atoms with van der Waals surface area (Å²) in [6, 6.07) is 3.91. The smallest absolute Gasteiger partial charge is 0.410 e. The number of carbonyl (C=O) groups excluding carboxylic acids is 2. The Hall–Kier alpha value is -2.61. The monoisotopic (exact) mass is 394 g/mol. The Morgan fingerprint density at radius 3 is 2.56 bits per heavy atom. The molecule has 1 aromatic heterocycles. The Bertz CT molecular complexity index is 900. The van der Waals surface area contributed by atoms with Gasteiger partial charge >= 0.3 is 6.09 Å². The van der Waals surface area contributed by atoms with E-state index in [9.17, 15) is 14.0 Å². The second-order valence-electron chi connectivity index (χ2n) is 7.32. The number of ether oxygens (including phenoxy) is 1. The topological polar surface area (TPSA) is 90.4 Å². The highest BCUT2D eigenvalue weighted by molar-refractivity contribution is 6.30. The van der Waals surface area contributed by atoms with Gasteiger partial charge in [0.2, 0.25) is 0 Å². The zero-order valence-electron chi connectivity index (χ0n) is 15.3. The molecule has 0 saturated carbocycles. The summed E-state index contributed by atoms with van der Waals surface area (Å²) in [7, 11) is 0. The molecule has 2 N–H and O–H groups in total. The summed E-state index contributed by atoms with van der Waals surface area (Å²) in [5.74, 6) is -1.26. The molecule has 0 saturated heterocycles. The van der Waals surface area contributed by atoms with E-state index in [-0.39, 0.29) is 22.8 Å². The van der Waals surface area contributed by atoms with Crippen LogP contribution in [-0.4, -0.2) is 38.8 Å². The fourth-order valence-corrected chi connectivity index (χ4v) is 3.17. The van der Waals surface area contributed by atoms with E-state index in [1.165, 1.54) is 17.0 Å². The van der Waals surface area contributed by atoms with E-state index in [2.05, 4.69) is 5.10 Å². The number of hydrogen-bond donors (Lipinski definition) is 1. The molecular formula is C18H20ClFN4O3. The maximum atomic E-state index is 13.8. The maximum absolute atomic E-state index is 13.8. The SMILES string of the molecule is CC(C)(C)OC(=O)N1CCn2nc(-c3cc(F)cc(Cl)c3)c(C(N)=O)c2C1. The van der Waals surface area contributed by atoms with Crippen molar-refractivity contribution in [2.45, 2.75) is 39.5 Å². The van der Waals surface area contributed by atoms with Crippen LogP contribution >= 0.6 is 11.6 Å². The van der Waals surface area contributed by atoms with Gasteiger partial charge in [0.05, 0.1) is 24.3 Å². The van der Waals surface area contributed by atoms with Gasteiger partial charge in [-0.25, -0.2) is 9.18 Å². The first-order valence-electron chi connectivity index (χ1n) is 8.39. The van der Waals surface area contributed by atoms with Crippen LogP contribution in [0.3, 0.4) is 0 Å². The highest BCUT2D eigenvalue weighted by Gasteiger charge is 2.31. The van der Waals surface area contributed by atoms with Gasteiger partial charge in [0.25, 0.3) is 5.91 Å². The van der Waals surface area contributed by atoms with E-state index in [1.807, 2.05) is 0 Å². The number of hydrogen-bond acceptors (Lipinski definition) is 4. The van der Waals surface area contributed by atoms with Gasteiger partial charge in [-0.15, -0.1) is 0 Å². The Kier molecular flexibility index (Phi) is 4.86. The van der Waals surface area contributed by atoms with Gasteiger partial charge in [0, 0.05) is 17.1 Å². The molecule has 1 aromatic carbocycles. The van der Waals surface area contributed by atoms with Crippen molar-refractivity contribution in [1.82, 2.24) is 14.7 Å². The first-order chi connectivity index (χ1) is 12.5. The van der Waals surface area contributed by atoms with Gasteiger partial charge in [-0.2, -0.15) is 5.10 Å². The van der Waals surface area contributed by atoms with E-state index < -0.39 is 23.4 Å². The van der Waals surface area contributed by atoms with E-state index in [0.29, 0.717) is 24.3 Å². The number of primary amides is 1. The number of nitrogens with zero attached hydrogens (tertiary/aromatic N) is 3. The minimum atomic E-state index is -0.710. The van der Waals surface area contributed by atoms with Gasteiger partial charge in [0.15, 0.2) is 0 Å². The molecule has 0 radical (unpaired) electrons. The van der Waals surface area contributed by atoms with Crippen molar-refractivity contribution in [3.8, 4) is 11.3 Å². The lowest BCUT2D eigenvalue weighted by atomic mass is 10.0. The predicted molar refractivity (Wildman–Crippen MR) is 97.8 cm³/mol. The molecule has 0 aliphatic carbocycles. The number of benzene rings is 1. The highest BCUT2D eigenvalue weighted by Crippen LogP contribution is 2.30. The van der Waals surface area contributed by atoms with Crippen molar-refractivity contribution in [3.63, 3.8) is 0 Å². The molecule has 1 aliphatic heterocycles. The van der Waals surface area contributed by atoms with Crippen LogP contribution in [0.25, 0.3) is 11.3 Å². The van der Waals surface area contributed by atoms with Crippen LogP contribution in [0.15, 0.2) is 18.2 Å². The van der Waals surface area contributed by atoms with Gasteiger partial charge < -0.3 is 15.4 Å². The molecule has 7 nitrogen and oxygen atoms in total. The van der Waals surface area contributed by atoms with Crippen molar-refractivity contribution in [1.29, 1.82) is 0 Å². The van der Waals surface area contributed by atoms with Crippen LogP contribution in [-0.2, 0) is 17.8 Å². The van der Waals surface area contributed by atoms with Crippen molar-refractivity contribution in [2.24, 2.45) is 5.73 Å². The molecule has 0 spiro atoms. The van der Waals surface area contributed by atoms with E-state index >= 15 is 0 Å². The lowest BCUT2D eigenvalue weighted by molar-refractivity contribution is 0.0193. The van der Waals surface area contributed by atoms with Crippen molar-refractivity contribution in [3.05, 3.63) is 40.3 Å². The third kappa shape index (κ3) is 4.05. The maximum Gasteiger partial charge on any atom is 0.410 e. The third-order valence-corrected chi connectivity index (χ3v) is 4.23. The molecule has 2 amide bonds. The summed E-state index contributed by atoms with van der Waals surface area (Å²) < 4.78 is 20.7. The van der Waals surface area contributed by atoms with Crippen molar-refractivity contribution >= 4 is 23.6 Å². The average molecular weight is 395 g/mol. The summed E-state index contributed by atoms with van der Waals surface area (Å²) in [4.78, 5) is 26.0. The summed E-state index contributed by atoms with van der Waals surface area (Å²) in [5.41, 5.74) is 6.14. The predicted octanol–water partition coefficient (Wildman–Crippen LogP) is 3.19. The molecule has 0 unspecified atom stereocenters. The van der Waals surface area contributed by atoms with Crippen LogP contribution in [0.4, 0.5) is 9.18 Å². The fraction of sp³-hybridized carbons (Fsp3) is 0.389. The van der Waals surface area contributed by atoms with Crippen molar-refractivity contribution in [2.75, 3.05) is 6.54 Å². The summed E-state index contributed by atoms with van der Waals surface area (Å²) in [5, 5.41) is 4.59. The Labute approximate surface area is 160 Å². The van der Waals surface area contributed by atoms with Crippen LogP contribution < -0.4 is 5.73 Å². The number of aromatic nitrogens is 2. The quantitative estimate of drug-likeness (QED) is 0.846. The van der Waals surface area contributed by atoms with Gasteiger partial charge in [-0.1, -0.05) is 11.6 Å². The lowest BCUT2D eigenvalue weighted by Gasteiger charge is -2.30. The van der Waals surface area contributed by atoms with Gasteiger partial charge in [-0.05, 0) is 39.0 Å². The van der Waals surface area contributed by atoms with Crippen LogP contribution in [0.5, 0.6) is 0 Å². The molecule has 144 valence electrons. The average Bonchev–Trinajstić information content (AvgIpc) is 2.90. The second kappa shape index (κ2) is 6.84. The summed E-state index contributed by atoms with van der Waals surface area (Å²) in [6.07, 6.45) is -0.485. The van der Waals surface area contributed by atoms with Gasteiger partial charge in [-0.3, -0.25) is 9.48 Å². The molecule has 27 heavy (non-hydrogen) atoms. The summed E-state index contributed by atoms with van der Waals surface area (Å²) in [6.45, 7) is 6.17. The Morgan fingerprint density at radius 2 is 1.96 bits per heavy atom. The first kappa shape index (κ1) is 19.2. The number of amides is 2. The lowest BCUT2D eigenvalue weighted by Crippen LogP contribution is -2.42. The van der Waals surface area contributed by atoms with E-state index in [4.69, 9.17) is 22.1 Å². The molecule has 0 fully saturated rings. The normalized spacial score (nSPS) is 14.0. The largest absolute Gasteiger partial charge is 0.444 e. The molecule has 2 heterocycles. The highest BCUT2D eigenvalue weighted by atomic mass is 35.5. The molecule has 1 aliphatic rings. The number of halogens is 2. The minimum Gasteiger partial charge on any atom is -0.444 e. The number of carbonyl (C=O) groups is 2. The van der Waals surface area contributed by atoms with Crippen molar-refractivity contribution < 1.29 is 18.7 Å². The van der Waals surface area contributed by atoms with Crippen LogP contribution in [0, 0.1) is 5.82 Å².